The Morgan fingerprint density at radius 2 is 2.16 bits per heavy atom. The van der Waals surface area contributed by atoms with Crippen LogP contribution in [0.2, 0.25) is 0 Å². The molecule has 0 aliphatic carbocycles. The molecule has 132 valence electrons. The summed E-state index contributed by atoms with van der Waals surface area (Å²) in [5.74, 6) is 2.16. The Morgan fingerprint density at radius 1 is 1.36 bits per heavy atom. The first kappa shape index (κ1) is 17.1. The van der Waals surface area contributed by atoms with E-state index in [0.29, 0.717) is 16.9 Å². The molecule has 0 unspecified atom stereocenters. The fraction of sp³-hybridized carbons (Fsp3) is 0.444. The number of benzene rings is 1. The van der Waals surface area contributed by atoms with Gasteiger partial charge in [0.1, 0.15) is 11.6 Å². The van der Waals surface area contributed by atoms with Gasteiger partial charge in [0.05, 0.1) is 19.6 Å². The number of aryl methyl sites for hydroxylation is 1. The van der Waals surface area contributed by atoms with Crippen LogP contribution in [0.4, 0.5) is 0 Å². The van der Waals surface area contributed by atoms with Crippen LogP contribution in [0.5, 0.6) is 5.75 Å². The summed E-state index contributed by atoms with van der Waals surface area (Å²) in [7, 11) is 1.55. The van der Waals surface area contributed by atoms with Crippen LogP contribution < -0.4 is 10.1 Å². The molecule has 2 aromatic rings. The zero-order chi connectivity index (χ0) is 18.0. The number of ketones is 1. The van der Waals surface area contributed by atoms with Crippen LogP contribution in [-0.2, 0) is 24.2 Å². The number of hydrogen-bond acceptors (Lipinski definition) is 5. The molecular formula is C18H22N4O3. The number of methoxy groups -OCH3 is 1. The van der Waals surface area contributed by atoms with E-state index in [-0.39, 0.29) is 24.2 Å². The molecule has 7 nitrogen and oxygen atoms in total. The number of Topliss-reactive ketones (excluding diaryl/α,β-unsaturated/α-hetero) is 1. The molecule has 1 aromatic heterocycles. The minimum absolute atomic E-state index is 0.0447. The predicted octanol–water partition coefficient (Wildman–Crippen LogP) is 1.86. The molecule has 1 atom stereocenters. The van der Waals surface area contributed by atoms with Gasteiger partial charge >= 0.3 is 0 Å². The van der Waals surface area contributed by atoms with Crippen molar-refractivity contribution in [2.75, 3.05) is 7.11 Å². The van der Waals surface area contributed by atoms with Crippen LogP contribution in [0.3, 0.4) is 0 Å². The van der Waals surface area contributed by atoms with Gasteiger partial charge in [-0.3, -0.25) is 9.59 Å². The maximum Gasteiger partial charge on any atom is 0.225 e. The second kappa shape index (κ2) is 7.04. The topological polar surface area (TPSA) is 86.1 Å². The van der Waals surface area contributed by atoms with Crippen molar-refractivity contribution < 1.29 is 14.3 Å². The number of ether oxygens (including phenoxy) is 1. The second-order valence-electron chi connectivity index (χ2n) is 6.28. The lowest BCUT2D eigenvalue weighted by Gasteiger charge is -2.15. The summed E-state index contributed by atoms with van der Waals surface area (Å²) < 4.78 is 7.37. The van der Waals surface area contributed by atoms with Gasteiger partial charge < -0.3 is 14.6 Å². The SMILES string of the molecule is COc1ccc(C(C)=O)cc1CC(=O)N[C@@H](C)c1nnc2n1CCC2. The first-order valence-corrected chi connectivity index (χ1v) is 8.38. The lowest BCUT2D eigenvalue weighted by atomic mass is 10.0. The highest BCUT2D eigenvalue weighted by molar-refractivity contribution is 5.94. The van der Waals surface area contributed by atoms with Gasteiger partial charge in [0.15, 0.2) is 11.6 Å². The number of amides is 1. The fourth-order valence-corrected chi connectivity index (χ4v) is 3.16. The number of aromatic nitrogens is 3. The Balaban J connectivity index is 1.71. The van der Waals surface area contributed by atoms with Gasteiger partial charge in [-0.15, -0.1) is 10.2 Å². The Bertz CT molecular complexity index is 813. The summed E-state index contributed by atoms with van der Waals surface area (Å²) in [5.41, 5.74) is 1.25. The third-order valence-electron chi connectivity index (χ3n) is 4.44. The van der Waals surface area contributed by atoms with Crippen LogP contribution in [0.25, 0.3) is 0 Å². The molecule has 0 radical (unpaired) electrons. The quantitative estimate of drug-likeness (QED) is 0.810. The molecule has 1 aliphatic heterocycles. The van der Waals surface area contributed by atoms with Gasteiger partial charge in [-0.2, -0.15) is 0 Å². The maximum absolute atomic E-state index is 12.5. The van der Waals surface area contributed by atoms with E-state index in [0.717, 1.165) is 31.0 Å². The third-order valence-corrected chi connectivity index (χ3v) is 4.44. The van der Waals surface area contributed by atoms with Crippen molar-refractivity contribution >= 4 is 11.7 Å². The molecule has 0 spiro atoms. The van der Waals surface area contributed by atoms with Crippen LogP contribution in [0.15, 0.2) is 18.2 Å². The van der Waals surface area contributed by atoms with Crippen LogP contribution in [0.1, 0.15) is 53.9 Å². The van der Waals surface area contributed by atoms with E-state index in [9.17, 15) is 9.59 Å². The number of nitrogens with zero attached hydrogens (tertiary/aromatic N) is 3. The first-order valence-electron chi connectivity index (χ1n) is 8.38. The molecule has 7 heteroatoms. The van der Waals surface area contributed by atoms with Gasteiger partial charge in [-0.05, 0) is 38.5 Å². The summed E-state index contributed by atoms with van der Waals surface area (Å²) in [6, 6.07) is 4.90. The minimum Gasteiger partial charge on any atom is -0.496 e. The highest BCUT2D eigenvalue weighted by Gasteiger charge is 2.22. The van der Waals surface area contributed by atoms with Gasteiger partial charge in [-0.25, -0.2) is 0 Å². The van der Waals surface area contributed by atoms with E-state index in [1.807, 2.05) is 6.92 Å². The molecule has 1 amide bonds. The number of fused-ring (bicyclic) bond motifs is 1. The standard InChI is InChI=1S/C18H22N4O3/c1-11(18-21-20-16-5-4-8-22(16)18)19-17(24)10-14-9-13(12(2)23)6-7-15(14)25-3/h6-7,9,11H,4-5,8,10H2,1-3H3,(H,19,24)/t11-/m0/s1. The predicted molar refractivity (Wildman–Crippen MR) is 91.6 cm³/mol. The monoisotopic (exact) mass is 342 g/mol. The van der Waals surface area contributed by atoms with E-state index < -0.39 is 0 Å². The zero-order valence-corrected chi connectivity index (χ0v) is 14.7. The van der Waals surface area contributed by atoms with Gasteiger partial charge in [-0.1, -0.05) is 0 Å². The molecular weight excluding hydrogens is 320 g/mol. The lowest BCUT2D eigenvalue weighted by molar-refractivity contribution is -0.121. The summed E-state index contributed by atoms with van der Waals surface area (Å²) in [6.07, 6.45) is 2.13. The summed E-state index contributed by atoms with van der Waals surface area (Å²) in [5, 5.41) is 11.3. The van der Waals surface area contributed by atoms with Crippen molar-refractivity contribution in [2.24, 2.45) is 0 Å². The maximum atomic E-state index is 12.5. The number of carbonyl (C=O) groups excluding carboxylic acids is 2. The number of hydrogen-bond donors (Lipinski definition) is 1. The average Bonchev–Trinajstić information content (AvgIpc) is 3.17. The van der Waals surface area contributed by atoms with Crippen molar-refractivity contribution in [2.45, 2.75) is 45.7 Å². The molecule has 3 rings (SSSR count). The zero-order valence-electron chi connectivity index (χ0n) is 14.7. The van der Waals surface area contributed by atoms with Crippen molar-refractivity contribution in [1.29, 1.82) is 0 Å². The molecule has 1 aliphatic rings. The third kappa shape index (κ3) is 3.55. The average molecular weight is 342 g/mol. The smallest absolute Gasteiger partial charge is 0.225 e. The molecule has 1 aromatic carbocycles. The Labute approximate surface area is 146 Å². The van der Waals surface area contributed by atoms with E-state index >= 15 is 0 Å². The highest BCUT2D eigenvalue weighted by Crippen LogP contribution is 2.22. The van der Waals surface area contributed by atoms with Crippen molar-refractivity contribution in [1.82, 2.24) is 20.1 Å². The minimum atomic E-state index is -0.228. The van der Waals surface area contributed by atoms with Gasteiger partial charge in [0.25, 0.3) is 0 Å². The Hall–Kier alpha value is -2.70. The highest BCUT2D eigenvalue weighted by atomic mass is 16.5. The summed E-state index contributed by atoms with van der Waals surface area (Å²) in [6.45, 7) is 4.29. The van der Waals surface area contributed by atoms with Gasteiger partial charge in [0, 0.05) is 24.1 Å². The normalized spacial score (nSPS) is 14.0. The van der Waals surface area contributed by atoms with Crippen LogP contribution >= 0.6 is 0 Å². The molecule has 0 fully saturated rings. The van der Waals surface area contributed by atoms with E-state index in [1.165, 1.54) is 6.92 Å². The van der Waals surface area contributed by atoms with Crippen molar-refractivity contribution in [3.05, 3.63) is 41.0 Å². The summed E-state index contributed by atoms with van der Waals surface area (Å²) in [4.78, 5) is 24.0. The van der Waals surface area contributed by atoms with E-state index in [1.54, 1.807) is 25.3 Å². The van der Waals surface area contributed by atoms with E-state index in [4.69, 9.17) is 4.74 Å². The molecule has 25 heavy (non-hydrogen) atoms. The molecule has 1 N–H and O–H groups in total. The van der Waals surface area contributed by atoms with Gasteiger partial charge in [0.2, 0.25) is 5.91 Å². The van der Waals surface area contributed by atoms with E-state index in [2.05, 4.69) is 20.1 Å². The van der Waals surface area contributed by atoms with Crippen molar-refractivity contribution in [3.63, 3.8) is 0 Å². The second-order valence-corrected chi connectivity index (χ2v) is 6.28. The lowest BCUT2D eigenvalue weighted by Crippen LogP contribution is -2.30. The molecule has 0 saturated heterocycles. The summed E-state index contributed by atoms with van der Waals surface area (Å²) >= 11 is 0. The first-order chi connectivity index (χ1) is 12.0. The molecule has 2 heterocycles. The number of nitrogens with one attached hydrogen (secondary N) is 1. The van der Waals surface area contributed by atoms with Crippen molar-refractivity contribution in [3.8, 4) is 5.75 Å². The Morgan fingerprint density at radius 3 is 2.88 bits per heavy atom. The Kier molecular flexibility index (Phi) is 4.83. The largest absolute Gasteiger partial charge is 0.496 e. The molecule has 0 saturated carbocycles. The molecule has 0 bridgehead atoms. The number of carbonyl (C=O) groups is 2. The van der Waals surface area contributed by atoms with Crippen LogP contribution in [0, 0.1) is 0 Å². The fourth-order valence-electron chi connectivity index (χ4n) is 3.16. The number of rotatable bonds is 6. The van der Waals surface area contributed by atoms with Crippen LogP contribution in [-0.4, -0.2) is 33.6 Å².